The maximum atomic E-state index is 10.8. The van der Waals surface area contributed by atoms with Crippen LogP contribution in [0.25, 0.3) is 0 Å². The first-order chi connectivity index (χ1) is 9.51. The van der Waals surface area contributed by atoms with E-state index in [0.717, 1.165) is 5.56 Å². The molecule has 0 aromatic heterocycles. The lowest BCUT2D eigenvalue weighted by molar-refractivity contribution is -0.0230. The Kier molecular flexibility index (Phi) is 8.09. The van der Waals surface area contributed by atoms with Crippen LogP contribution in [0.2, 0.25) is 0 Å². The third-order valence-electron chi connectivity index (χ3n) is 2.58. The highest BCUT2D eigenvalue weighted by Crippen LogP contribution is 2.05. The number of hydrogen-bond donors (Lipinski definition) is 1. The van der Waals surface area contributed by atoms with E-state index in [0.29, 0.717) is 19.8 Å². The molecule has 0 heterocycles. The monoisotopic (exact) mass is 322 g/mol. The fraction of sp³-hybridized carbons (Fsp3) is 0.538. The molecule has 0 aliphatic carbocycles. The lowest BCUT2D eigenvalue weighted by Crippen LogP contribution is -2.22. The van der Waals surface area contributed by atoms with Gasteiger partial charge >= 0.3 is 0 Å². The van der Waals surface area contributed by atoms with Crippen LogP contribution in [0.4, 0.5) is 0 Å². The number of aliphatic hydroxyl groups excluding tert-OH is 1. The Morgan fingerprint density at radius 2 is 1.90 bits per heavy atom. The van der Waals surface area contributed by atoms with Gasteiger partial charge in [0.1, 0.15) is 0 Å². The molecule has 1 unspecified atom stereocenters. The average Bonchev–Trinajstić information content (AvgIpc) is 2.42. The second-order valence-corrected chi connectivity index (χ2v) is 7.14. The fourth-order valence-corrected chi connectivity index (χ4v) is 2.35. The van der Waals surface area contributed by atoms with Crippen molar-refractivity contribution in [3.8, 4) is 0 Å². The minimum Gasteiger partial charge on any atom is -0.394 e. The SMILES string of the molecule is O=S(=O)(Cl)CCC(CO)OCCOCc1ccccc1. The van der Waals surface area contributed by atoms with Crippen molar-refractivity contribution in [3.63, 3.8) is 0 Å². The van der Waals surface area contributed by atoms with Crippen molar-refractivity contribution in [2.24, 2.45) is 0 Å². The Labute approximate surface area is 123 Å². The highest BCUT2D eigenvalue weighted by atomic mass is 35.7. The lowest BCUT2D eigenvalue weighted by Gasteiger charge is -2.14. The van der Waals surface area contributed by atoms with Crippen LogP contribution in [0, 0.1) is 0 Å². The summed E-state index contributed by atoms with van der Waals surface area (Å²) in [5.41, 5.74) is 1.07. The predicted molar refractivity (Wildman–Crippen MR) is 77.2 cm³/mol. The maximum absolute atomic E-state index is 10.8. The van der Waals surface area contributed by atoms with E-state index < -0.39 is 15.2 Å². The average molecular weight is 323 g/mol. The van der Waals surface area contributed by atoms with E-state index in [1.165, 1.54) is 0 Å². The zero-order valence-corrected chi connectivity index (χ0v) is 12.6. The number of aliphatic hydroxyl groups is 1. The van der Waals surface area contributed by atoms with Crippen LogP contribution < -0.4 is 0 Å². The maximum Gasteiger partial charge on any atom is 0.232 e. The molecule has 7 heteroatoms. The molecule has 1 atom stereocenters. The van der Waals surface area contributed by atoms with E-state index in [2.05, 4.69) is 0 Å². The third kappa shape index (κ3) is 8.50. The summed E-state index contributed by atoms with van der Waals surface area (Å²) in [4.78, 5) is 0. The van der Waals surface area contributed by atoms with Crippen LogP contribution >= 0.6 is 10.7 Å². The molecular formula is C13H19ClO5S. The van der Waals surface area contributed by atoms with E-state index in [4.69, 9.17) is 25.3 Å². The molecule has 20 heavy (non-hydrogen) atoms. The Hall–Kier alpha value is -0.660. The zero-order valence-electron chi connectivity index (χ0n) is 11.1. The van der Waals surface area contributed by atoms with Crippen LogP contribution in [-0.4, -0.2) is 45.2 Å². The largest absolute Gasteiger partial charge is 0.394 e. The summed E-state index contributed by atoms with van der Waals surface area (Å²) in [6.07, 6.45) is -0.370. The molecule has 0 aliphatic rings. The first kappa shape index (κ1) is 17.4. The molecule has 0 amide bonds. The molecule has 1 N–H and O–H groups in total. The summed E-state index contributed by atoms with van der Waals surface area (Å²) >= 11 is 0. The van der Waals surface area contributed by atoms with Gasteiger partial charge in [-0.25, -0.2) is 8.42 Å². The van der Waals surface area contributed by atoms with Gasteiger partial charge in [0.2, 0.25) is 9.05 Å². The summed E-state index contributed by atoms with van der Waals surface area (Å²) in [7, 11) is 1.55. The van der Waals surface area contributed by atoms with Gasteiger partial charge in [-0.3, -0.25) is 0 Å². The summed E-state index contributed by atoms with van der Waals surface area (Å²) < 4.78 is 32.3. The molecule has 1 rings (SSSR count). The Morgan fingerprint density at radius 3 is 2.50 bits per heavy atom. The van der Waals surface area contributed by atoms with Crippen molar-refractivity contribution in [2.75, 3.05) is 25.6 Å². The molecular weight excluding hydrogens is 304 g/mol. The standard InChI is InChI=1S/C13H19ClO5S/c14-20(16,17)9-6-13(10-15)19-8-7-18-11-12-4-2-1-3-5-12/h1-5,13,15H,6-11H2. The Morgan fingerprint density at radius 1 is 1.20 bits per heavy atom. The van der Waals surface area contributed by atoms with Crippen LogP contribution in [0.15, 0.2) is 30.3 Å². The molecule has 114 valence electrons. The van der Waals surface area contributed by atoms with Crippen molar-refractivity contribution >= 4 is 19.7 Å². The van der Waals surface area contributed by atoms with E-state index in [9.17, 15) is 8.42 Å². The van der Waals surface area contributed by atoms with Crippen molar-refractivity contribution in [1.82, 2.24) is 0 Å². The van der Waals surface area contributed by atoms with Crippen LogP contribution in [0.1, 0.15) is 12.0 Å². The molecule has 1 aromatic carbocycles. The van der Waals surface area contributed by atoms with E-state index >= 15 is 0 Å². The Bertz CT molecular complexity index is 463. The first-order valence-corrected chi connectivity index (χ1v) is 8.75. The second kappa shape index (κ2) is 9.31. The molecule has 0 bridgehead atoms. The number of benzene rings is 1. The van der Waals surface area contributed by atoms with E-state index in [1.807, 2.05) is 30.3 Å². The van der Waals surface area contributed by atoms with Crippen molar-refractivity contribution in [1.29, 1.82) is 0 Å². The smallest absolute Gasteiger partial charge is 0.232 e. The van der Waals surface area contributed by atoms with Crippen molar-refractivity contribution in [2.45, 2.75) is 19.1 Å². The van der Waals surface area contributed by atoms with Gasteiger partial charge in [-0.05, 0) is 12.0 Å². The topological polar surface area (TPSA) is 72.8 Å². The van der Waals surface area contributed by atoms with E-state index in [1.54, 1.807) is 0 Å². The highest BCUT2D eigenvalue weighted by molar-refractivity contribution is 8.13. The zero-order chi connectivity index (χ0) is 14.8. The number of ether oxygens (including phenoxy) is 2. The summed E-state index contributed by atoms with van der Waals surface area (Å²) in [5.74, 6) is -0.218. The van der Waals surface area contributed by atoms with Gasteiger partial charge in [0.15, 0.2) is 0 Å². The molecule has 5 nitrogen and oxygen atoms in total. The minimum absolute atomic E-state index is 0.168. The van der Waals surface area contributed by atoms with Gasteiger partial charge in [0, 0.05) is 10.7 Å². The highest BCUT2D eigenvalue weighted by Gasteiger charge is 2.13. The third-order valence-corrected chi connectivity index (χ3v) is 3.77. The first-order valence-electron chi connectivity index (χ1n) is 6.28. The molecule has 0 aliphatic heterocycles. The summed E-state index contributed by atoms with van der Waals surface area (Å²) in [6, 6.07) is 9.72. The van der Waals surface area contributed by atoms with Crippen molar-refractivity contribution in [3.05, 3.63) is 35.9 Å². The van der Waals surface area contributed by atoms with Gasteiger partial charge in [-0.2, -0.15) is 0 Å². The van der Waals surface area contributed by atoms with Crippen LogP contribution in [-0.2, 0) is 25.1 Å². The summed E-state index contributed by atoms with van der Waals surface area (Å²) in [5, 5.41) is 9.05. The number of hydrogen-bond acceptors (Lipinski definition) is 5. The summed E-state index contributed by atoms with van der Waals surface area (Å²) in [6.45, 7) is 0.911. The molecule has 1 aromatic rings. The van der Waals surface area contributed by atoms with Gasteiger partial charge in [-0.1, -0.05) is 30.3 Å². The number of halogens is 1. The molecule has 0 saturated carbocycles. The molecule has 0 saturated heterocycles. The number of rotatable bonds is 10. The quantitative estimate of drug-likeness (QED) is 0.522. The molecule has 0 spiro atoms. The van der Waals surface area contributed by atoms with Gasteiger partial charge in [0.25, 0.3) is 0 Å². The fourth-order valence-electron chi connectivity index (χ4n) is 1.54. The van der Waals surface area contributed by atoms with Gasteiger partial charge in [0.05, 0.1) is 38.3 Å². The second-order valence-electron chi connectivity index (χ2n) is 4.25. The minimum atomic E-state index is -3.55. The van der Waals surface area contributed by atoms with E-state index in [-0.39, 0.29) is 18.8 Å². The van der Waals surface area contributed by atoms with Crippen LogP contribution in [0.5, 0.6) is 0 Å². The predicted octanol–water partition coefficient (Wildman–Crippen LogP) is 1.54. The van der Waals surface area contributed by atoms with Crippen molar-refractivity contribution < 1.29 is 23.0 Å². The van der Waals surface area contributed by atoms with Gasteiger partial charge < -0.3 is 14.6 Å². The molecule has 0 fully saturated rings. The van der Waals surface area contributed by atoms with Crippen LogP contribution in [0.3, 0.4) is 0 Å². The Balaban J connectivity index is 2.12. The normalized spacial score (nSPS) is 13.3. The van der Waals surface area contributed by atoms with Gasteiger partial charge in [-0.15, -0.1) is 0 Å². The molecule has 0 radical (unpaired) electrons. The lowest BCUT2D eigenvalue weighted by atomic mass is 10.2.